The maximum Gasteiger partial charge on any atom is 0.339 e. The second-order valence-electron chi connectivity index (χ2n) is 4.89. The summed E-state index contributed by atoms with van der Waals surface area (Å²) in [6, 6.07) is 11.2. The molecule has 0 saturated heterocycles. The number of esters is 1. The lowest BCUT2D eigenvalue weighted by molar-refractivity contribution is -0.142. The van der Waals surface area contributed by atoms with E-state index in [4.69, 9.17) is 27.9 Å². The van der Waals surface area contributed by atoms with Gasteiger partial charge in [-0.05, 0) is 23.8 Å². The number of benzene rings is 2. The zero-order valence-electron chi connectivity index (χ0n) is 11.1. The second-order valence-corrected chi connectivity index (χ2v) is 5.74. The van der Waals surface area contributed by atoms with Crippen LogP contribution in [0.3, 0.4) is 0 Å². The van der Waals surface area contributed by atoms with Crippen molar-refractivity contribution in [2.24, 2.45) is 0 Å². The fourth-order valence-corrected chi connectivity index (χ4v) is 3.12. The van der Waals surface area contributed by atoms with Crippen LogP contribution < -0.4 is 0 Å². The first kappa shape index (κ1) is 14.9. The van der Waals surface area contributed by atoms with Crippen LogP contribution in [-0.2, 0) is 9.53 Å². The Morgan fingerprint density at radius 2 is 1.82 bits per heavy atom. The number of carboxylic acids is 1. The predicted molar refractivity (Wildman–Crippen MR) is 81.4 cm³/mol. The van der Waals surface area contributed by atoms with E-state index in [2.05, 4.69) is 0 Å². The Morgan fingerprint density at radius 3 is 2.50 bits per heavy atom. The highest BCUT2D eigenvalue weighted by Gasteiger charge is 2.41. The topological polar surface area (TPSA) is 63.6 Å². The first-order valence-corrected chi connectivity index (χ1v) is 7.22. The number of cyclic esters (lactones) is 1. The molecule has 0 aliphatic carbocycles. The number of carbonyl (C=O) groups excluding carboxylic acids is 1. The molecule has 6 heteroatoms. The van der Waals surface area contributed by atoms with Crippen LogP contribution in [0.25, 0.3) is 0 Å². The van der Waals surface area contributed by atoms with E-state index >= 15 is 0 Å². The van der Waals surface area contributed by atoms with Crippen molar-refractivity contribution < 1.29 is 19.4 Å². The smallest absolute Gasteiger partial charge is 0.339 e. The fraction of sp³-hybridized carbons (Fsp3) is 0.125. The largest absolute Gasteiger partial charge is 0.481 e. The highest BCUT2D eigenvalue weighted by Crippen LogP contribution is 2.43. The minimum absolute atomic E-state index is 0.260. The van der Waals surface area contributed by atoms with E-state index in [0.717, 1.165) is 0 Å². The van der Waals surface area contributed by atoms with Gasteiger partial charge in [-0.2, -0.15) is 0 Å². The van der Waals surface area contributed by atoms with Crippen LogP contribution in [0.2, 0.25) is 10.0 Å². The van der Waals surface area contributed by atoms with Crippen LogP contribution in [0.1, 0.15) is 33.5 Å². The van der Waals surface area contributed by atoms with E-state index < -0.39 is 24.0 Å². The molecular weight excluding hydrogens is 327 g/mol. The Balaban J connectivity index is 2.16. The minimum atomic E-state index is -1.09. The van der Waals surface area contributed by atoms with Gasteiger partial charge in [-0.25, -0.2) is 4.79 Å². The molecule has 2 aromatic rings. The molecule has 2 atom stereocenters. The van der Waals surface area contributed by atoms with E-state index in [1.54, 1.807) is 36.4 Å². The molecule has 1 aliphatic rings. The van der Waals surface area contributed by atoms with Gasteiger partial charge in [-0.15, -0.1) is 0 Å². The number of carbonyl (C=O) groups is 2. The number of hydrogen-bond donors (Lipinski definition) is 1. The molecule has 1 aliphatic heterocycles. The van der Waals surface area contributed by atoms with Crippen LogP contribution in [0.5, 0.6) is 0 Å². The molecule has 1 N–H and O–H groups in total. The molecule has 2 aromatic carbocycles. The number of carboxylic acid groups (broad SMARTS) is 1. The Kier molecular flexibility index (Phi) is 3.81. The molecule has 0 saturated carbocycles. The number of halogens is 2. The van der Waals surface area contributed by atoms with E-state index in [1.165, 1.54) is 6.07 Å². The lowest BCUT2D eigenvalue weighted by Gasteiger charge is -2.31. The maximum absolute atomic E-state index is 12.1. The number of fused-ring (bicyclic) bond motifs is 1. The summed E-state index contributed by atoms with van der Waals surface area (Å²) in [6.45, 7) is 0. The van der Waals surface area contributed by atoms with Crippen molar-refractivity contribution in [3.63, 3.8) is 0 Å². The first-order valence-electron chi connectivity index (χ1n) is 6.46. The molecule has 1 heterocycles. The Morgan fingerprint density at radius 1 is 1.09 bits per heavy atom. The molecule has 112 valence electrons. The van der Waals surface area contributed by atoms with Crippen LogP contribution in [0.4, 0.5) is 0 Å². The summed E-state index contributed by atoms with van der Waals surface area (Å²) in [5, 5.41) is 10.3. The normalized spacial score (nSPS) is 20.2. The molecule has 0 amide bonds. The van der Waals surface area contributed by atoms with Crippen molar-refractivity contribution in [2.75, 3.05) is 0 Å². The third-order valence-corrected chi connectivity index (χ3v) is 4.15. The van der Waals surface area contributed by atoms with E-state index in [0.29, 0.717) is 16.1 Å². The lowest BCUT2D eigenvalue weighted by atomic mass is 9.84. The molecule has 0 fully saturated rings. The highest BCUT2D eigenvalue weighted by molar-refractivity contribution is 6.35. The van der Waals surface area contributed by atoms with Gasteiger partial charge in [0.1, 0.15) is 12.0 Å². The van der Waals surface area contributed by atoms with Gasteiger partial charge in [0.15, 0.2) is 0 Å². The third-order valence-electron chi connectivity index (χ3n) is 3.59. The SMILES string of the molecule is O=C1OC(c2ccc(Cl)cc2Cl)C(C(=O)O)c2ccccc21. The first-order chi connectivity index (χ1) is 10.5. The van der Waals surface area contributed by atoms with Crippen molar-refractivity contribution in [1.29, 1.82) is 0 Å². The van der Waals surface area contributed by atoms with Crippen LogP contribution in [0.15, 0.2) is 42.5 Å². The summed E-state index contributed by atoms with van der Waals surface area (Å²) >= 11 is 12.0. The maximum atomic E-state index is 12.1. The molecule has 4 nitrogen and oxygen atoms in total. The monoisotopic (exact) mass is 336 g/mol. The van der Waals surface area contributed by atoms with Gasteiger partial charge in [0.25, 0.3) is 0 Å². The average molecular weight is 337 g/mol. The summed E-state index contributed by atoms with van der Waals surface area (Å²) in [6.07, 6.45) is -0.996. The number of aliphatic carboxylic acids is 1. The standard InChI is InChI=1S/C16H10Cl2O4/c17-8-5-6-11(12(18)7-8)14-13(15(19)20)9-3-1-2-4-10(9)16(21)22-14/h1-7,13-14H,(H,19,20). The zero-order valence-corrected chi connectivity index (χ0v) is 12.6. The van der Waals surface area contributed by atoms with E-state index in [-0.39, 0.29) is 10.6 Å². The molecule has 2 unspecified atom stereocenters. The summed E-state index contributed by atoms with van der Waals surface area (Å²) in [4.78, 5) is 23.9. The summed E-state index contributed by atoms with van der Waals surface area (Å²) in [7, 11) is 0. The van der Waals surface area contributed by atoms with Crippen LogP contribution in [0, 0.1) is 0 Å². The third kappa shape index (κ3) is 2.45. The van der Waals surface area contributed by atoms with Gasteiger partial charge in [0.2, 0.25) is 0 Å². The number of ether oxygens (including phenoxy) is 1. The van der Waals surface area contributed by atoms with Crippen molar-refractivity contribution in [3.8, 4) is 0 Å². The van der Waals surface area contributed by atoms with Gasteiger partial charge >= 0.3 is 11.9 Å². The van der Waals surface area contributed by atoms with E-state index in [9.17, 15) is 14.7 Å². The molecule has 0 aromatic heterocycles. The molecule has 0 spiro atoms. The summed E-state index contributed by atoms with van der Waals surface area (Å²) in [5.74, 6) is -2.67. The van der Waals surface area contributed by atoms with Gasteiger partial charge in [0, 0.05) is 15.6 Å². The average Bonchev–Trinajstić information content (AvgIpc) is 2.46. The minimum Gasteiger partial charge on any atom is -0.481 e. The van der Waals surface area contributed by atoms with Crippen LogP contribution in [-0.4, -0.2) is 17.0 Å². The number of rotatable bonds is 2. The van der Waals surface area contributed by atoms with E-state index in [1.807, 2.05) is 0 Å². The lowest BCUT2D eigenvalue weighted by Crippen LogP contribution is -2.31. The Labute approximate surface area is 136 Å². The zero-order chi connectivity index (χ0) is 15.9. The van der Waals surface area contributed by atoms with Crippen molar-refractivity contribution >= 4 is 35.1 Å². The van der Waals surface area contributed by atoms with Crippen molar-refractivity contribution in [1.82, 2.24) is 0 Å². The highest BCUT2D eigenvalue weighted by atomic mass is 35.5. The molecule has 0 bridgehead atoms. The van der Waals surface area contributed by atoms with Crippen molar-refractivity contribution in [3.05, 3.63) is 69.2 Å². The second kappa shape index (κ2) is 5.63. The summed E-state index contributed by atoms with van der Waals surface area (Å²) in [5.41, 5.74) is 1.10. The van der Waals surface area contributed by atoms with Gasteiger partial charge < -0.3 is 9.84 Å². The van der Waals surface area contributed by atoms with Crippen molar-refractivity contribution in [2.45, 2.75) is 12.0 Å². The number of hydrogen-bond acceptors (Lipinski definition) is 3. The Bertz CT molecular complexity index is 772. The molecular formula is C16H10Cl2O4. The van der Waals surface area contributed by atoms with Gasteiger partial charge in [0.05, 0.1) is 5.56 Å². The summed E-state index contributed by atoms with van der Waals surface area (Å²) < 4.78 is 5.35. The fourth-order valence-electron chi connectivity index (χ4n) is 2.60. The molecule has 3 rings (SSSR count). The molecule has 22 heavy (non-hydrogen) atoms. The Hall–Kier alpha value is -2.04. The quantitative estimate of drug-likeness (QED) is 0.839. The van der Waals surface area contributed by atoms with Crippen LogP contribution >= 0.6 is 23.2 Å². The van der Waals surface area contributed by atoms with Gasteiger partial charge in [-0.3, -0.25) is 4.79 Å². The molecule has 0 radical (unpaired) electrons. The predicted octanol–water partition coefficient (Wildman–Crippen LogP) is 4.07. The van der Waals surface area contributed by atoms with Gasteiger partial charge in [-0.1, -0.05) is 47.5 Å².